The van der Waals surface area contributed by atoms with Gasteiger partial charge in [0.05, 0.1) is 0 Å². The summed E-state index contributed by atoms with van der Waals surface area (Å²) in [5.41, 5.74) is 2.80. The van der Waals surface area contributed by atoms with Gasteiger partial charge >= 0.3 is 21.7 Å². The molecule has 0 heterocycles. The van der Waals surface area contributed by atoms with Gasteiger partial charge < -0.3 is 0 Å². The maximum Gasteiger partial charge on any atom is 2.00 e. The van der Waals surface area contributed by atoms with Crippen LogP contribution in [0.2, 0.25) is 0 Å². The molecule has 0 aromatic carbocycles. The van der Waals surface area contributed by atoms with Gasteiger partial charge in [-0.3, -0.25) is 12.2 Å². The van der Waals surface area contributed by atoms with E-state index >= 15 is 0 Å². The van der Waals surface area contributed by atoms with E-state index in [-0.39, 0.29) is 55.7 Å². The molecule has 2 rings (SSSR count). The summed E-state index contributed by atoms with van der Waals surface area (Å²) in [5, 5.41) is 0. The fourth-order valence-corrected chi connectivity index (χ4v) is 1.96. The standard InChI is InChI=1S/2C9H13.2BrH.Ti/c2*1-3-8(2)9-6-4-5-7-9;;;/h2*4,6,8H,3,5H2,1-2H3;2*1H;/q2*-1;;;+2. The summed E-state index contributed by atoms with van der Waals surface area (Å²) in [5.74, 6) is 1.42. The van der Waals surface area contributed by atoms with E-state index < -0.39 is 0 Å². The van der Waals surface area contributed by atoms with Crippen LogP contribution in [0, 0.1) is 24.0 Å². The van der Waals surface area contributed by atoms with Gasteiger partial charge in [0.2, 0.25) is 0 Å². The molecule has 118 valence electrons. The molecular weight excluding hydrogens is 424 g/mol. The van der Waals surface area contributed by atoms with Gasteiger partial charge in [-0.1, -0.05) is 52.4 Å². The molecule has 2 atom stereocenters. The predicted molar refractivity (Wildman–Crippen MR) is 101 cm³/mol. The first kappa shape index (κ1) is 26.5. The summed E-state index contributed by atoms with van der Waals surface area (Å²) in [6.07, 6.45) is 19.9. The maximum atomic E-state index is 3.31. The Morgan fingerprint density at radius 3 is 1.38 bits per heavy atom. The van der Waals surface area contributed by atoms with Crippen LogP contribution in [0.25, 0.3) is 0 Å². The number of hydrogen-bond acceptors (Lipinski definition) is 0. The average molecular weight is 452 g/mol. The first-order valence-corrected chi connectivity index (χ1v) is 7.23. The Morgan fingerprint density at radius 1 is 0.857 bits per heavy atom. The third-order valence-electron chi connectivity index (χ3n) is 3.73. The molecule has 21 heavy (non-hydrogen) atoms. The molecule has 0 N–H and O–H groups in total. The molecule has 0 fully saturated rings. The summed E-state index contributed by atoms with van der Waals surface area (Å²) in [4.78, 5) is 0. The molecule has 3 heteroatoms. The van der Waals surface area contributed by atoms with E-state index in [1.54, 1.807) is 0 Å². The van der Waals surface area contributed by atoms with E-state index in [1.165, 1.54) is 24.0 Å². The van der Waals surface area contributed by atoms with Crippen LogP contribution in [-0.2, 0) is 21.7 Å². The monoisotopic (exact) mass is 450 g/mol. The summed E-state index contributed by atoms with van der Waals surface area (Å²) < 4.78 is 0. The number of allylic oxidation sites excluding steroid dienone is 8. The van der Waals surface area contributed by atoms with Crippen LogP contribution in [0.5, 0.6) is 0 Å². The molecule has 0 aromatic rings. The Bertz CT molecular complexity index is 331. The Balaban J connectivity index is -0.000000270. The van der Waals surface area contributed by atoms with Crippen molar-refractivity contribution in [1.29, 1.82) is 0 Å². The molecule has 0 spiro atoms. The Morgan fingerprint density at radius 2 is 1.19 bits per heavy atom. The van der Waals surface area contributed by atoms with Crippen LogP contribution in [-0.4, -0.2) is 0 Å². The topological polar surface area (TPSA) is 0 Å². The van der Waals surface area contributed by atoms with Gasteiger partial charge in [-0.15, -0.1) is 46.8 Å². The Labute approximate surface area is 167 Å². The molecule has 0 aliphatic heterocycles. The van der Waals surface area contributed by atoms with Gasteiger partial charge in [-0.2, -0.15) is 12.2 Å². The largest absolute Gasteiger partial charge is 2.00 e. The minimum atomic E-state index is 0. The second kappa shape index (κ2) is 15.5. The van der Waals surface area contributed by atoms with Crippen molar-refractivity contribution in [2.75, 3.05) is 0 Å². The fourth-order valence-electron chi connectivity index (χ4n) is 1.96. The van der Waals surface area contributed by atoms with Crippen LogP contribution in [0.3, 0.4) is 0 Å². The molecule has 0 bridgehead atoms. The second-order valence-corrected chi connectivity index (χ2v) is 5.10. The SMILES string of the molecule is Br.Br.CCC(C)C1=[C-]CC=C1.CCC(C)C1=[C-]CC=C1.[Ti+2]. The molecule has 2 aliphatic rings. The van der Waals surface area contributed by atoms with Gasteiger partial charge in [-0.25, -0.2) is 23.3 Å². The maximum absolute atomic E-state index is 3.31. The Kier molecular flexibility index (Phi) is 19.6. The van der Waals surface area contributed by atoms with E-state index in [9.17, 15) is 0 Å². The van der Waals surface area contributed by atoms with Crippen molar-refractivity contribution in [1.82, 2.24) is 0 Å². The predicted octanol–water partition coefficient (Wildman–Crippen LogP) is 6.60. The van der Waals surface area contributed by atoms with E-state index in [2.05, 4.69) is 64.2 Å². The van der Waals surface area contributed by atoms with E-state index in [4.69, 9.17) is 0 Å². The number of hydrogen-bond donors (Lipinski definition) is 0. The molecule has 0 radical (unpaired) electrons. The second-order valence-electron chi connectivity index (χ2n) is 5.10. The minimum Gasteiger partial charge on any atom is -0.269 e. The summed E-state index contributed by atoms with van der Waals surface area (Å²) in [7, 11) is 0. The molecule has 0 saturated heterocycles. The molecule has 2 aliphatic carbocycles. The molecule has 0 saturated carbocycles. The molecule has 0 aromatic heterocycles. The molecular formula is C18H28Br2Ti. The van der Waals surface area contributed by atoms with E-state index in [1.807, 2.05) is 0 Å². The summed E-state index contributed by atoms with van der Waals surface area (Å²) in [6, 6.07) is 0. The van der Waals surface area contributed by atoms with Crippen LogP contribution < -0.4 is 0 Å². The zero-order valence-electron chi connectivity index (χ0n) is 13.6. The molecule has 2 unspecified atom stereocenters. The van der Waals surface area contributed by atoms with Gasteiger partial charge in [0, 0.05) is 0 Å². The van der Waals surface area contributed by atoms with Gasteiger partial charge in [0.15, 0.2) is 0 Å². The van der Waals surface area contributed by atoms with Crippen LogP contribution in [0.1, 0.15) is 53.4 Å². The third-order valence-corrected chi connectivity index (χ3v) is 3.73. The van der Waals surface area contributed by atoms with Crippen molar-refractivity contribution in [2.45, 2.75) is 53.4 Å². The van der Waals surface area contributed by atoms with Crippen molar-refractivity contribution in [3.63, 3.8) is 0 Å². The van der Waals surface area contributed by atoms with Crippen LogP contribution >= 0.6 is 34.0 Å². The summed E-state index contributed by atoms with van der Waals surface area (Å²) >= 11 is 0. The van der Waals surface area contributed by atoms with Crippen molar-refractivity contribution in [2.24, 2.45) is 11.8 Å². The molecule has 0 amide bonds. The van der Waals surface area contributed by atoms with Crippen molar-refractivity contribution in [3.8, 4) is 0 Å². The normalized spacial score (nSPS) is 17.1. The zero-order chi connectivity index (χ0) is 13.4. The fraction of sp³-hybridized carbons (Fsp3) is 0.556. The first-order chi connectivity index (χ1) is 8.69. The van der Waals surface area contributed by atoms with Gasteiger partial charge in [0.25, 0.3) is 0 Å². The summed E-state index contributed by atoms with van der Waals surface area (Å²) in [6.45, 7) is 8.92. The third kappa shape index (κ3) is 10.1. The smallest absolute Gasteiger partial charge is 0.269 e. The average Bonchev–Trinajstić information content (AvgIpc) is 3.09. The van der Waals surface area contributed by atoms with Gasteiger partial charge in [-0.05, 0) is 0 Å². The number of rotatable bonds is 4. The quantitative estimate of drug-likeness (QED) is 0.333. The van der Waals surface area contributed by atoms with Crippen molar-refractivity contribution < 1.29 is 21.7 Å². The van der Waals surface area contributed by atoms with Crippen LogP contribution in [0.4, 0.5) is 0 Å². The van der Waals surface area contributed by atoms with Crippen LogP contribution in [0.15, 0.2) is 35.5 Å². The van der Waals surface area contributed by atoms with Gasteiger partial charge in [0.1, 0.15) is 0 Å². The molecule has 0 nitrogen and oxygen atoms in total. The Hall–Kier alpha value is 0.634. The first-order valence-electron chi connectivity index (χ1n) is 7.23. The van der Waals surface area contributed by atoms with Crippen molar-refractivity contribution >= 4 is 34.0 Å². The van der Waals surface area contributed by atoms with E-state index in [0.29, 0.717) is 11.8 Å². The number of halogens is 2. The van der Waals surface area contributed by atoms with E-state index in [0.717, 1.165) is 12.8 Å². The zero-order valence-corrected chi connectivity index (χ0v) is 18.6. The van der Waals surface area contributed by atoms with Crippen molar-refractivity contribution in [3.05, 3.63) is 47.6 Å². The minimum absolute atomic E-state index is 0.